The molecule has 0 nitrogen and oxygen atoms in total. The minimum absolute atomic E-state index is 0.116. The van der Waals surface area contributed by atoms with E-state index in [4.69, 9.17) is 0 Å². The van der Waals surface area contributed by atoms with Crippen LogP contribution < -0.4 is 0 Å². The van der Waals surface area contributed by atoms with Crippen molar-refractivity contribution in [2.75, 3.05) is 6.67 Å². The fraction of sp³-hybridized carbons (Fsp3) is 0.600. The van der Waals surface area contributed by atoms with E-state index in [1.807, 2.05) is 0 Å². The Hall–Kier alpha value is -1.63. The predicted molar refractivity (Wildman–Crippen MR) is 131 cm³/mol. The molecule has 168 valence electrons. The lowest BCUT2D eigenvalue weighted by molar-refractivity contribution is 0.139. The van der Waals surface area contributed by atoms with E-state index in [0.717, 1.165) is 30.6 Å². The number of alkyl halides is 1. The SMILES string of the molecule is CCc1ccc(-c2ccc(CCC3CCC(C4CCC(CCF)CC4)CC3)cc2)cc1. The Balaban J connectivity index is 1.19. The molecule has 31 heavy (non-hydrogen) atoms. The molecular formula is C30H41F. The van der Waals surface area contributed by atoms with E-state index >= 15 is 0 Å². The van der Waals surface area contributed by atoms with Crippen molar-refractivity contribution in [3.63, 3.8) is 0 Å². The van der Waals surface area contributed by atoms with Gasteiger partial charge in [-0.2, -0.15) is 0 Å². The normalized spacial score (nSPS) is 26.6. The quantitative estimate of drug-likeness (QED) is 0.400. The molecule has 2 fully saturated rings. The fourth-order valence-electron chi connectivity index (χ4n) is 6.22. The standard InChI is InChI=1S/C30H41F/c1-2-23-5-13-27(14-6-23)28-15-7-24(8-16-28)3-4-25-9-17-29(18-10-25)30-19-11-26(12-20-30)21-22-31/h5-8,13-16,25-26,29-30H,2-4,9-12,17-22H2,1H3. The van der Waals surface area contributed by atoms with Crippen LogP contribution in [0, 0.1) is 23.7 Å². The Kier molecular flexibility index (Phi) is 8.22. The van der Waals surface area contributed by atoms with E-state index < -0.39 is 0 Å². The number of halogens is 1. The summed E-state index contributed by atoms with van der Waals surface area (Å²) in [6, 6.07) is 18.3. The van der Waals surface area contributed by atoms with Gasteiger partial charge in [-0.15, -0.1) is 0 Å². The molecule has 0 heterocycles. The predicted octanol–water partition coefficient (Wildman–Crippen LogP) is 8.82. The summed E-state index contributed by atoms with van der Waals surface area (Å²) in [5.74, 6) is 3.50. The van der Waals surface area contributed by atoms with E-state index in [1.165, 1.54) is 86.5 Å². The van der Waals surface area contributed by atoms with Crippen LogP contribution in [-0.2, 0) is 12.8 Å². The lowest BCUT2D eigenvalue weighted by atomic mass is 9.68. The molecule has 0 aliphatic heterocycles. The summed E-state index contributed by atoms with van der Waals surface area (Å²) in [4.78, 5) is 0. The van der Waals surface area contributed by atoms with Gasteiger partial charge < -0.3 is 0 Å². The van der Waals surface area contributed by atoms with Gasteiger partial charge in [-0.3, -0.25) is 4.39 Å². The third-order valence-corrected chi connectivity index (χ3v) is 8.46. The topological polar surface area (TPSA) is 0 Å². The van der Waals surface area contributed by atoms with Crippen molar-refractivity contribution < 1.29 is 4.39 Å². The average Bonchev–Trinajstić information content (AvgIpc) is 2.84. The lowest BCUT2D eigenvalue weighted by Gasteiger charge is -2.37. The molecular weight excluding hydrogens is 379 g/mol. The van der Waals surface area contributed by atoms with Crippen LogP contribution in [-0.4, -0.2) is 6.67 Å². The minimum Gasteiger partial charge on any atom is -0.251 e. The van der Waals surface area contributed by atoms with Gasteiger partial charge in [0.2, 0.25) is 0 Å². The summed E-state index contributed by atoms with van der Waals surface area (Å²) < 4.78 is 12.6. The van der Waals surface area contributed by atoms with Gasteiger partial charge in [0.15, 0.2) is 0 Å². The van der Waals surface area contributed by atoms with Crippen molar-refractivity contribution in [2.24, 2.45) is 23.7 Å². The van der Waals surface area contributed by atoms with Crippen LogP contribution >= 0.6 is 0 Å². The van der Waals surface area contributed by atoms with Gasteiger partial charge >= 0.3 is 0 Å². The monoisotopic (exact) mass is 420 g/mol. The Morgan fingerprint density at radius 2 is 1.06 bits per heavy atom. The first-order chi connectivity index (χ1) is 15.2. The second-order valence-electron chi connectivity index (χ2n) is 10.3. The second kappa shape index (κ2) is 11.3. The van der Waals surface area contributed by atoms with Crippen LogP contribution in [0.25, 0.3) is 11.1 Å². The molecule has 0 radical (unpaired) electrons. The molecule has 2 aromatic carbocycles. The highest BCUT2D eigenvalue weighted by molar-refractivity contribution is 5.63. The van der Waals surface area contributed by atoms with Gasteiger partial charge in [0.25, 0.3) is 0 Å². The molecule has 1 heteroatoms. The van der Waals surface area contributed by atoms with E-state index in [-0.39, 0.29) is 6.67 Å². The average molecular weight is 421 g/mol. The maximum atomic E-state index is 12.6. The first kappa shape index (κ1) is 22.6. The highest BCUT2D eigenvalue weighted by Crippen LogP contribution is 2.42. The maximum absolute atomic E-state index is 12.6. The van der Waals surface area contributed by atoms with Crippen LogP contribution in [0.2, 0.25) is 0 Å². The molecule has 0 amide bonds. The molecule has 0 spiro atoms. The number of aryl methyl sites for hydroxylation is 2. The van der Waals surface area contributed by atoms with Crippen molar-refractivity contribution in [1.29, 1.82) is 0 Å². The Morgan fingerprint density at radius 1 is 0.613 bits per heavy atom. The van der Waals surface area contributed by atoms with E-state index in [0.29, 0.717) is 5.92 Å². The molecule has 0 aromatic heterocycles. The fourth-order valence-corrected chi connectivity index (χ4v) is 6.22. The number of hydrogen-bond acceptors (Lipinski definition) is 0. The highest BCUT2D eigenvalue weighted by atomic mass is 19.1. The first-order valence-electron chi connectivity index (χ1n) is 13.0. The summed E-state index contributed by atoms with van der Waals surface area (Å²) in [7, 11) is 0. The highest BCUT2D eigenvalue weighted by Gasteiger charge is 2.30. The van der Waals surface area contributed by atoms with E-state index in [9.17, 15) is 4.39 Å². The van der Waals surface area contributed by atoms with Gasteiger partial charge in [0, 0.05) is 0 Å². The summed E-state index contributed by atoms with van der Waals surface area (Å²) in [5.41, 5.74) is 5.54. The van der Waals surface area contributed by atoms with Crippen LogP contribution in [0.3, 0.4) is 0 Å². The van der Waals surface area contributed by atoms with Gasteiger partial charge in [-0.1, -0.05) is 81.1 Å². The lowest BCUT2D eigenvalue weighted by Crippen LogP contribution is -2.26. The zero-order valence-electron chi connectivity index (χ0n) is 19.5. The van der Waals surface area contributed by atoms with Crippen LogP contribution in [0.4, 0.5) is 4.39 Å². The van der Waals surface area contributed by atoms with Crippen molar-refractivity contribution in [3.05, 3.63) is 59.7 Å². The zero-order chi connectivity index (χ0) is 21.5. The largest absolute Gasteiger partial charge is 0.251 e. The molecule has 2 aliphatic rings. The minimum atomic E-state index is -0.116. The molecule has 4 rings (SSSR count). The van der Waals surface area contributed by atoms with E-state index in [2.05, 4.69) is 55.5 Å². The third kappa shape index (κ3) is 6.21. The molecule has 0 unspecified atom stereocenters. The molecule has 0 bridgehead atoms. The summed E-state index contributed by atoms with van der Waals surface area (Å²) in [6.07, 6.45) is 15.5. The summed E-state index contributed by atoms with van der Waals surface area (Å²) in [5, 5.41) is 0. The van der Waals surface area contributed by atoms with Crippen molar-refractivity contribution in [1.82, 2.24) is 0 Å². The smallest absolute Gasteiger partial charge is 0.0897 e. The van der Waals surface area contributed by atoms with Crippen molar-refractivity contribution in [2.45, 2.75) is 84.0 Å². The molecule has 2 saturated carbocycles. The van der Waals surface area contributed by atoms with Crippen molar-refractivity contribution in [3.8, 4) is 11.1 Å². The Morgan fingerprint density at radius 3 is 1.52 bits per heavy atom. The van der Waals surface area contributed by atoms with Crippen LogP contribution in [0.1, 0.15) is 82.3 Å². The maximum Gasteiger partial charge on any atom is 0.0897 e. The zero-order valence-corrected chi connectivity index (χ0v) is 19.5. The number of rotatable bonds is 8. The van der Waals surface area contributed by atoms with Crippen molar-refractivity contribution >= 4 is 0 Å². The molecule has 2 aliphatic carbocycles. The van der Waals surface area contributed by atoms with Gasteiger partial charge in [0.05, 0.1) is 6.67 Å². The Labute approximate surface area is 189 Å². The molecule has 0 N–H and O–H groups in total. The van der Waals surface area contributed by atoms with Gasteiger partial charge in [0.1, 0.15) is 0 Å². The van der Waals surface area contributed by atoms with Gasteiger partial charge in [-0.05, 0) is 97.3 Å². The number of benzene rings is 2. The number of hydrogen-bond donors (Lipinski definition) is 0. The second-order valence-corrected chi connectivity index (χ2v) is 10.3. The van der Waals surface area contributed by atoms with E-state index in [1.54, 1.807) is 0 Å². The molecule has 0 saturated heterocycles. The molecule has 2 aromatic rings. The summed E-state index contributed by atoms with van der Waals surface area (Å²) >= 11 is 0. The Bertz CT molecular complexity index is 759. The molecule has 0 atom stereocenters. The third-order valence-electron chi connectivity index (χ3n) is 8.46. The van der Waals surface area contributed by atoms with Crippen LogP contribution in [0.15, 0.2) is 48.5 Å². The van der Waals surface area contributed by atoms with Crippen LogP contribution in [0.5, 0.6) is 0 Å². The van der Waals surface area contributed by atoms with Gasteiger partial charge in [-0.25, -0.2) is 0 Å². The summed E-state index contributed by atoms with van der Waals surface area (Å²) in [6.45, 7) is 2.09. The first-order valence-corrected chi connectivity index (χ1v) is 13.0.